The van der Waals surface area contributed by atoms with Gasteiger partial charge in [0.15, 0.2) is 0 Å². The van der Waals surface area contributed by atoms with Crippen LogP contribution in [0.4, 0.5) is 4.39 Å². The molecule has 1 saturated carbocycles. The largest absolute Gasteiger partial charge is 0.321 e. The second-order valence-electron chi connectivity index (χ2n) is 6.15. The summed E-state index contributed by atoms with van der Waals surface area (Å²) in [5.41, 5.74) is 0.482. The Morgan fingerprint density at radius 2 is 2.25 bits per heavy atom. The van der Waals surface area contributed by atoms with E-state index in [0.717, 1.165) is 31.4 Å². The van der Waals surface area contributed by atoms with Gasteiger partial charge in [-0.15, -0.1) is 0 Å². The first kappa shape index (κ1) is 13.6. The van der Waals surface area contributed by atoms with Crippen molar-refractivity contribution in [1.29, 1.82) is 0 Å². The summed E-state index contributed by atoms with van der Waals surface area (Å²) in [4.78, 5) is 14.5. The Labute approximate surface area is 119 Å². The summed E-state index contributed by atoms with van der Waals surface area (Å²) in [6.45, 7) is 5.00. The van der Waals surface area contributed by atoms with Gasteiger partial charge in [0, 0.05) is 6.54 Å². The molecule has 20 heavy (non-hydrogen) atoms. The van der Waals surface area contributed by atoms with Crippen molar-refractivity contribution in [3.8, 4) is 0 Å². The van der Waals surface area contributed by atoms with Crippen LogP contribution in [-0.2, 0) is 4.79 Å². The van der Waals surface area contributed by atoms with Crippen molar-refractivity contribution in [1.82, 2.24) is 10.2 Å². The average molecular weight is 276 g/mol. The Balaban J connectivity index is 1.89. The summed E-state index contributed by atoms with van der Waals surface area (Å²) >= 11 is 0. The fraction of sp³-hybridized carbons (Fsp3) is 0.562. The monoisotopic (exact) mass is 276 g/mol. The van der Waals surface area contributed by atoms with E-state index in [9.17, 15) is 9.18 Å². The van der Waals surface area contributed by atoms with E-state index in [2.05, 4.69) is 19.2 Å². The van der Waals surface area contributed by atoms with Gasteiger partial charge >= 0.3 is 0 Å². The Bertz CT molecular complexity index is 527. The van der Waals surface area contributed by atoms with E-state index in [1.807, 2.05) is 11.0 Å². The lowest BCUT2D eigenvalue weighted by Gasteiger charge is -2.27. The van der Waals surface area contributed by atoms with E-state index in [-0.39, 0.29) is 23.4 Å². The molecule has 1 heterocycles. The number of rotatable bonds is 4. The van der Waals surface area contributed by atoms with Gasteiger partial charge in [-0.3, -0.25) is 10.1 Å². The van der Waals surface area contributed by atoms with Gasteiger partial charge in [0.05, 0.1) is 0 Å². The molecule has 2 atom stereocenters. The van der Waals surface area contributed by atoms with Crippen LogP contribution in [-0.4, -0.2) is 22.9 Å². The maximum atomic E-state index is 13.5. The minimum Gasteiger partial charge on any atom is -0.321 e. The topological polar surface area (TPSA) is 32.3 Å². The van der Waals surface area contributed by atoms with E-state index < -0.39 is 0 Å². The molecule has 2 fully saturated rings. The Morgan fingerprint density at radius 1 is 1.50 bits per heavy atom. The molecule has 1 spiro atoms. The third-order valence-corrected chi connectivity index (χ3v) is 4.51. The molecule has 1 aromatic rings. The van der Waals surface area contributed by atoms with Crippen molar-refractivity contribution < 1.29 is 9.18 Å². The molecule has 1 aliphatic heterocycles. The van der Waals surface area contributed by atoms with Gasteiger partial charge in [0.25, 0.3) is 0 Å². The molecule has 1 saturated heterocycles. The van der Waals surface area contributed by atoms with Crippen LogP contribution >= 0.6 is 0 Å². The van der Waals surface area contributed by atoms with Crippen LogP contribution in [0.25, 0.3) is 0 Å². The van der Waals surface area contributed by atoms with Crippen molar-refractivity contribution >= 4 is 5.91 Å². The van der Waals surface area contributed by atoms with Gasteiger partial charge in [0.1, 0.15) is 17.5 Å². The lowest BCUT2D eigenvalue weighted by molar-refractivity contribution is -0.131. The molecule has 0 aromatic heterocycles. The number of benzene rings is 1. The molecule has 0 radical (unpaired) electrons. The van der Waals surface area contributed by atoms with Gasteiger partial charge in [-0.25, -0.2) is 4.39 Å². The summed E-state index contributed by atoms with van der Waals surface area (Å²) in [6, 6.07) is 6.55. The second-order valence-corrected chi connectivity index (χ2v) is 6.15. The standard InChI is InChI=1S/C16H21FN2O/c1-3-11(2)10-19-14(12-5-4-6-13(17)9-12)18-16(7-8-16)15(19)20/h4-6,9,11,14,18H,3,7-8,10H2,1-2H3. The van der Waals surface area contributed by atoms with E-state index in [1.54, 1.807) is 6.07 Å². The molecule has 2 aliphatic rings. The highest BCUT2D eigenvalue weighted by Gasteiger charge is 2.59. The van der Waals surface area contributed by atoms with Crippen LogP contribution < -0.4 is 5.32 Å². The first-order chi connectivity index (χ1) is 9.55. The van der Waals surface area contributed by atoms with E-state index in [4.69, 9.17) is 0 Å². The summed E-state index contributed by atoms with van der Waals surface area (Å²) in [5.74, 6) is 0.384. The fourth-order valence-corrected chi connectivity index (χ4v) is 2.87. The van der Waals surface area contributed by atoms with Crippen LogP contribution in [0.15, 0.2) is 24.3 Å². The summed E-state index contributed by atoms with van der Waals surface area (Å²) in [7, 11) is 0. The molecule has 3 rings (SSSR count). The maximum Gasteiger partial charge on any atom is 0.244 e. The predicted molar refractivity (Wildman–Crippen MR) is 75.4 cm³/mol. The number of carbonyl (C=O) groups is 1. The third kappa shape index (κ3) is 2.22. The summed E-state index contributed by atoms with van der Waals surface area (Å²) in [6.07, 6.45) is 2.64. The van der Waals surface area contributed by atoms with Gasteiger partial charge in [-0.2, -0.15) is 0 Å². The minimum absolute atomic E-state index is 0.185. The highest BCUT2D eigenvalue weighted by molar-refractivity contribution is 5.92. The highest BCUT2D eigenvalue weighted by atomic mass is 19.1. The molecule has 4 heteroatoms. The van der Waals surface area contributed by atoms with E-state index in [1.165, 1.54) is 12.1 Å². The smallest absolute Gasteiger partial charge is 0.244 e. The summed E-state index contributed by atoms with van der Waals surface area (Å²) < 4.78 is 13.5. The Kier molecular flexibility index (Phi) is 3.28. The zero-order valence-corrected chi connectivity index (χ0v) is 12.0. The third-order valence-electron chi connectivity index (χ3n) is 4.51. The number of nitrogens with one attached hydrogen (secondary N) is 1. The van der Waals surface area contributed by atoms with Crippen LogP contribution in [0, 0.1) is 11.7 Å². The molecule has 1 aromatic carbocycles. The molecule has 1 amide bonds. The molecular weight excluding hydrogens is 255 g/mol. The Morgan fingerprint density at radius 3 is 2.85 bits per heavy atom. The van der Waals surface area contributed by atoms with Crippen molar-refractivity contribution in [2.75, 3.05) is 6.54 Å². The van der Waals surface area contributed by atoms with Crippen LogP contribution in [0.5, 0.6) is 0 Å². The predicted octanol–water partition coefficient (Wildman–Crippen LogP) is 2.83. The molecule has 3 nitrogen and oxygen atoms in total. The van der Waals surface area contributed by atoms with Gasteiger partial charge in [-0.1, -0.05) is 32.4 Å². The first-order valence-corrected chi connectivity index (χ1v) is 7.40. The molecule has 0 bridgehead atoms. The van der Waals surface area contributed by atoms with Gasteiger partial charge in [0.2, 0.25) is 5.91 Å². The van der Waals surface area contributed by atoms with Crippen molar-refractivity contribution in [2.45, 2.75) is 44.8 Å². The van der Waals surface area contributed by atoms with Crippen LogP contribution in [0.3, 0.4) is 0 Å². The average Bonchev–Trinajstić information content (AvgIpc) is 3.17. The Hall–Kier alpha value is -1.42. The number of nitrogens with zero attached hydrogens (tertiary/aromatic N) is 1. The second kappa shape index (κ2) is 4.85. The summed E-state index contributed by atoms with van der Waals surface area (Å²) in [5, 5.41) is 3.42. The maximum absolute atomic E-state index is 13.5. The zero-order chi connectivity index (χ0) is 14.3. The lowest BCUT2D eigenvalue weighted by Crippen LogP contribution is -2.35. The first-order valence-electron chi connectivity index (χ1n) is 7.40. The van der Waals surface area contributed by atoms with E-state index in [0.29, 0.717) is 5.92 Å². The van der Waals surface area contributed by atoms with Gasteiger partial charge < -0.3 is 4.90 Å². The van der Waals surface area contributed by atoms with Gasteiger partial charge in [-0.05, 0) is 36.5 Å². The van der Waals surface area contributed by atoms with Crippen LogP contribution in [0.2, 0.25) is 0 Å². The number of carbonyl (C=O) groups excluding carboxylic acids is 1. The minimum atomic E-state index is -0.357. The fourth-order valence-electron chi connectivity index (χ4n) is 2.87. The number of halogens is 1. The highest BCUT2D eigenvalue weighted by Crippen LogP contribution is 2.46. The SMILES string of the molecule is CCC(C)CN1C(=O)C2(CC2)NC1c1cccc(F)c1. The lowest BCUT2D eigenvalue weighted by atomic mass is 10.1. The van der Waals surface area contributed by atoms with Crippen molar-refractivity contribution in [3.63, 3.8) is 0 Å². The zero-order valence-electron chi connectivity index (χ0n) is 12.0. The van der Waals surface area contributed by atoms with E-state index >= 15 is 0 Å². The number of amides is 1. The normalized spacial score (nSPS) is 25.2. The molecular formula is C16H21FN2O. The molecule has 2 unspecified atom stereocenters. The molecule has 1 aliphatic carbocycles. The molecule has 1 N–H and O–H groups in total. The van der Waals surface area contributed by atoms with Crippen molar-refractivity contribution in [2.24, 2.45) is 5.92 Å². The quantitative estimate of drug-likeness (QED) is 0.917. The van der Waals surface area contributed by atoms with Crippen molar-refractivity contribution in [3.05, 3.63) is 35.6 Å². The molecule has 108 valence electrons. The number of hydrogen-bond acceptors (Lipinski definition) is 2. The van der Waals surface area contributed by atoms with Crippen LogP contribution in [0.1, 0.15) is 44.8 Å². The number of hydrogen-bond donors (Lipinski definition) is 1.